The van der Waals surface area contributed by atoms with E-state index in [1.807, 2.05) is 4.90 Å². The Balaban J connectivity index is 1.55. The molecule has 1 saturated carbocycles. The highest BCUT2D eigenvalue weighted by Gasteiger charge is 2.48. The second-order valence-corrected chi connectivity index (χ2v) is 10.6. The molecule has 14 heteroatoms. The molecule has 1 aliphatic heterocycles. The second-order valence-electron chi connectivity index (χ2n) is 8.38. The minimum absolute atomic E-state index is 0.124. The highest BCUT2D eigenvalue weighted by molar-refractivity contribution is 7.89. The minimum Gasteiger partial charge on any atom is -0.593 e. The van der Waals surface area contributed by atoms with Gasteiger partial charge in [0.05, 0.1) is 34.8 Å². The van der Waals surface area contributed by atoms with Crippen LogP contribution in [0.2, 0.25) is 0 Å². The number of anilines is 1. The van der Waals surface area contributed by atoms with Gasteiger partial charge in [0.2, 0.25) is 11.6 Å². The smallest absolute Gasteiger partial charge is 0.291 e. The number of aromatic nitrogens is 4. The summed E-state index contributed by atoms with van der Waals surface area (Å²) in [5.41, 5.74) is 0.292. The van der Waals surface area contributed by atoms with Crippen molar-refractivity contribution in [1.29, 1.82) is 5.26 Å². The number of nitrogens with zero attached hydrogens (tertiary/aromatic N) is 6. The number of hydrogen-bond acceptors (Lipinski definition) is 8. The lowest BCUT2D eigenvalue weighted by Crippen LogP contribution is -2.37. The van der Waals surface area contributed by atoms with E-state index in [9.17, 15) is 27.4 Å². The highest BCUT2D eigenvalue weighted by Crippen LogP contribution is 2.39. The molecule has 180 valence electrons. The molecule has 1 aliphatic carbocycles. The molecule has 34 heavy (non-hydrogen) atoms. The molecule has 0 bridgehead atoms. The molecule has 3 heterocycles. The summed E-state index contributed by atoms with van der Waals surface area (Å²) in [7, 11) is 0. The summed E-state index contributed by atoms with van der Waals surface area (Å²) in [5.74, 6) is -0.673. The van der Waals surface area contributed by atoms with Crippen molar-refractivity contribution in [3.63, 3.8) is 0 Å². The van der Waals surface area contributed by atoms with Crippen molar-refractivity contribution in [2.24, 2.45) is 5.92 Å². The van der Waals surface area contributed by atoms with Crippen LogP contribution in [-0.4, -0.2) is 49.6 Å². The number of halogens is 4. The van der Waals surface area contributed by atoms with Crippen LogP contribution in [0.1, 0.15) is 37.1 Å². The summed E-state index contributed by atoms with van der Waals surface area (Å²) in [4.78, 5) is 2.30. The van der Waals surface area contributed by atoms with Crippen LogP contribution in [0.5, 0.6) is 0 Å². The van der Waals surface area contributed by atoms with Crippen LogP contribution in [0.15, 0.2) is 23.2 Å². The first-order valence-electron chi connectivity index (χ1n) is 10.6. The lowest BCUT2D eigenvalue weighted by Gasteiger charge is -2.33. The zero-order valence-electron chi connectivity index (χ0n) is 17.6. The molecule has 2 aliphatic rings. The van der Waals surface area contributed by atoms with Gasteiger partial charge in [-0.05, 0) is 25.7 Å². The van der Waals surface area contributed by atoms with Crippen molar-refractivity contribution in [2.45, 2.75) is 49.0 Å². The molecular formula is C20H19F4N7OS2. The van der Waals surface area contributed by atoms with Crippen LogP contribution in [0.25, 0.3) is 16.0 Å². The fourth-order valence-electron chi connectivity index (χ4n) is 3.99. The van der Waals surface area contributed by atoms with Crippen LogP contribution in [0.4, 0.5) is 23.2 Å². The average Bonchev–Trinajstić information content (AvgIpc) is 3.22. The van der Waals surface area contributed by atoms with E-state index < -0.39 is 40.7 Å². The van der Waals surface area contributed by atoms with E-state index in [1.54, 1.807) is 18.3 Å². The highest BCUT2D eigenvalue weighted by atomic mass is 32.2. The lowest BCUT2D eigenvalue weighted by molar-refractivity contribution is 0.0636. The topological polar surface area (TPSA) is 106 Å². The van der Waals surface area contributed by atoms with Crippen LogP contribution >= 0.6 is 11.3 Å². The van der Waals surface area contributed by atoms with Gasteiger partial charge in [0.25, 0.3) is 6.43 Å². The molecule has 0 spiro atoms. The first-order valence-corrected chi connectivity index (χ1v) is 12.5. The number of nitriles is 1. The molecule has 1 unspecified atom stereocenters. The van der Waals surface area contributed by atoms with Gasteiger partial charge in [-0.3, -0.25) is 0 Å². The van der Waals surface area contributed by atoms with E-state index in [2.05, 4.69) is 26.1 Å². The van der Waals surface area contributed by atoms with Crippen molar-refractivity contribution >= 4 is 39.3 Å². The monoisotopic (exact) mass is 513 g/mol. The van der Waals surface area contributed by atoms with Gasteiger partial charge in [-0.2, -0.15) is 10.4 Å². The Hall–Kier alpha value is -2.47. The number of hydrogen-bond donors (Lipinski definition) is 1. The van der Waals surface area contributed by atoms with Gasteiger partial charge in [0, 0.05) is 36.5 Å². The third-order valence-corrected chi connectivity index (χ3v) is 8.29. The third kappa shape index (κ3) is 4.33. The first-order chi connectivity index (χ1) is 16.3. The Morgan fingerprint density at radius 3 is 2.53 bits per heavy atom. The molecule has 3 aromatic rings. The van der Waals surface area contributed by atoms with Crippen molar-refractivity contribution < 1.29 is 22.1 Å². The average molecular weight is 514 g/mol. The fourth-order valence-corrected chi connectivity index (χ4v) is 5.83. The third-order valence-electron chi connectivity index (χ3n) is 6.14. The zero-order valence-corrected chi connectivity index (χ0v) is 19.3. The van der Waals surface area contributed by atoms with Gasteiger partial charge in [-0.1, -0.05) is 11.3 Å². The Kier molecular flexibility index (Phi) is 6.13. The second kappa shape index (κ2) is 8.95. The standard InChI is InChI=1S/C20H19F4N7OS2/c21-16(22)11-1-5-30(6-2-11)14-7-12(34(32)29-20(10-25)3-4-20)8-15-13(14)9-26-31(15)19-28-27-18(33-19)17(23)24/h7-9,11,16-17,29H,1-6H2. The number of fused-ring (bicyclic) bond motifs is 1. The van der Waals surface area contributed by atoms with Crippen LogP contribution in [0.3, 0.4) is 0 Å². The summed E-state index contributed by atoms with van der Waals surface area (Å²) in [6.45, 7) is 0.768. The lowest BCUT2D eigenvalue weighted by atomic mass is 9.96. The summed E-state index contributed by atoms with van der Waals surface area (Å²) in [6, 6.07) is 5.45. The van der Waals surface area contributed by atoms with E-state index >= 15 is 0 Å². The molecule has 5 rings (SSSR count). The number of benzene rings is 1. The maximum Gasteiger partial charge on any atom is 0.291 e. The summed E-state index contributed by atoms with van der Waals surface area (Å²) >= 11 is -1.05. The van der Waals surface area contributed by atoms with Gasteiger partial charge in [0.1, 0.15) is 5.54 Å². The molecule has 1 aromatic carbocycles. The van der Waals surface area contributed by atoms with Crippen molar-refractivity contribution in [2.75, 3.05) is 18.0 Å². The molecule has 0 radical (unpaired) electrons. The van der Waals surface area contributed by atoms with Crippen LogP contribution in [-0.2, 0) is 11.4 Å². The van der Waals surface area contributed by atoms with Gasteiger partial charge < -0.3 is 9.45 Å². The van der Waals surface area contributed by atoms with Crippen molar-refractivity contribution in [3.05, 3.63) is 23.3 Å². The minimum atomic E-state index is -2.77. The van der Waals surface area contributed by atoms with E-state index in [1.165, 1.54) is 4.68 Å². The van der Waals surface area contributed by atoms with Gasteiger partial charge in [0.15, 0.2) is 9.90 Å². The van der Waals surface area contributed by atoms with Crippen molar-refractivity contribution in [1.82, 2.24) is 24.7 Å². The molecule has 8 nitrogen and oxygen atoms in total. The van der Waals surface area contributed by atoms with E-state index in [4.69, 9.17) is 0 Å². The van der Waals surface area contributed by atoms with E-state index in [0.29, 0.717) is 71.6 Å². The maximum absolute atomic E-state index is 13.1. The van der Waals surface area contributed by atoms with Crippen LogP contribution in [0, 0.1) is 17.2 Å². The first kappa shape index (κ1) is 23.3. The molecule has 1 saturated heterocycles. The Morgan fingerprint density at radius 2 is 1.94 bits per heavy atom. The fraction of sp³-hybridized carbons (Fsp3) is 0.500. The number of rotatable bonds is 7. The van der Waals surface area contributed by atoms with Gasteiger partial charge in [-0.25, -0.2) is 22.2 Å². The molecule has 2 aromatic heterocycles. The van der Waals surface area contributed by atoms with E-state index in [-0.39, 0.29) is 5.13 Å². The molecular weight excluding hydrogens is 494 g/mol. The normalized spacial score (nSPS) is 19.2. The Labute approximate surface area is 198 Å². The SMILES string of the molecule is N#CC1(N[S+]([O-])c2cc(N3CCC(C(F)F)CC3)c3cnn(-c4nnc(C(F)F)s4)c3c2)CC1. The maximum atomic E-state index is 13.1. The predicted molar refractivity (Wildman–Crippen MR) is 118 cm³/mol. The van der Waals surface area contributed by atoms with Crippen LogP contribution < -0.4 is 9.62 Å². The molecule has 0 amide bonds. The molecule has 1 atom stereocenters. The van der Waals surface area contributed by atoms with Gasteiger partial charge in [-0.15, -0.1) is 14.9 Å². The van der Waals surface area contributed by atoms with Crippen molar-refractivity contribution in [3.8, 4) is 11.2 Å². The predicted octanol–water partition coefficient (Wildman–Crippen LogP) is 3.96. The number of piperidine rings is 1. The quantitative estimate of drug-likeness (QED) is 0.377. The molecule has 1 N–H and O–H groups in total. The Bertz CT molecular complexity index is 1230. The summed E-state index contributed by atoms with van der Waals surface area (Å²) < 4.78 is 69.7. The number of alkyl halides is 4. The Morgan fingerprint density at radius 1 is 1.21 bits per heavy atom. The molecule has 2 fully saturated rings. The number of nitrogens with one attached hydrogen (secondary N) is 1. The summed E-state index contributed by atoms with van der Waals surface area (Å²) in [6.07, 6.45) is -1.81. The zero-order chi connectivity index (χ0) is 24.0. The summed E-state index contributed by atoms with van der Waals surface area (Å²) in [5, 5.41) is 21.3. The largest absolute Gasteiger partial charge is 0.593 e. The van der Waals surface area contributed by atoms with Gasteiger partial charge >= 0.3 is 0 Å². The van der Waals surface area contributed by atoms with E-state index in [0.717, 1.165) is 0 Å².